The minimum Gasteiger partial charge on any atom is -0.465 e. The summed E-state index contributed by atoms with van der Waals surface area (Å²) in [6.45, 7) is 5.63. The van der Waals surface area contributed by atoms with Gasteiger partial charge in [-0.05, 0) is 63.2 Å². The average molecular weight is 677 g/mol. The molecule has 0 aromatic carbocycles. The summed E-state index contributed by atoms with van der Waals surface area (Å²) >= 11 is 0. The van der Waals surface area contributed by atoms with E-state index < -0.39 is 0 Å². The zero-order chi connectivity index (χ0) is 34.9. The van der Waals surface area contributed by atoms with Gasteiger partial charge < -0.3 is 18.9 Å². The summed E-state index contributed by atoms with van der Waals surface area (Å²) in [4.78, 5) is 48.1. The molecule has 0 aromatic rings. The summed E-state index contributed by atoms with van der Waals surface area (Å²) in [6, 6.07) is 0. The zero-order valence-electron chi connectivity index (χ0n) is 30.5. The molecule has 1 aliphatic rings. The molecule has 0 aromatic heterocycles. The molecule has 0 amide bonds. The Bertz CT molecular complexity index is 816. The lowest BCUT2D eigenvalue weighted by Gasteiger charge is -2.27. The number of hydrogen-bond acceptors (Lipinski definition) is 8. The van der Waals surface area contributed by atoms with E-state index >= 15 is 0 Å². The molecule has 1 saturated carbocycles. The van der Waals surface area contributed by atoms with Gasteiger partial charge in [0, 0.05) is 0 Å². The first-order valence-electron chi connectivity index (χ1n) is 19.4. The van der Waals surface area contributed by atoms with E-state index in [2.05, 4.69) is 26.0 Å². The van der Waals surface area contributed by atoms with Gasteiger partial charge in [-0.3, -0.25) is 19.2 Å². The molecule has 0 spiro atoms. The Labute approximate surface area is 292 Å². The number of unbranched alkanes of at least 4 members (excludes halogenated alkanes) is 14. The van der Waals surface area contributed by atoms with E-state index in [1.165, 1.54) is 77.0 Å². The molecule has 48 heavy (non-hydrogen) atoms. The van der Waals surface area contributed by atoms with Crippen molar-refractivity contribution in [2.24, 2.45) is 11.8 Å². The predicted octanol–water partition coefficient (Wildman–Crippen LogP) is 9.92. The lowest BCUT2D eigenvalue weighted by atomic mass is 9.83. The van der Waals surface area contributed by atoms with Crippen molar-refractivity contribution >= 4 is 23.9 Å². The van der Waals surface area contributed by atoms with Crippen molar-refractivity contribution in [3.05, 3.63) is 24.3 Å². The second kappa shape index (κ2) is 31.6. The molecular weight excluding hydrogens is 608 g/mol. The highest BCUT2D eigenvalue weighted by atomic mass is 16.5. The van der Waals surface area contributed by atoms with Crippen LogP contribution in [0.1, 0.15) is 168 Å². The van der Waals surface area contributed by atoms with Crippen LogP contribution in [0.15, 0.2) is 24.3 Å². The van der Waals surface area contributed by atoms with Crippen LogP contribution < -0.4 is 0 Å². The van der Waals surface area contributed by atoms with Crippen molar-refractivity contribution in [2.45, 2.75) is 168 Å². The fourth-order valence-corrected chi connectivity index (χ4v) is 5.78. The topological polar surface area (TPSA) is 105 Å². The molecule has 8 heteroatoms. The Morgan fingerprint density at radius 3 is 1.10 bits per heavy atom. The van der Waals surface area contributed by atoms with E-state index in [9.17, 15) is 19.2 Å². The van der Waals surface area contributed by atoms with Gasteiger partial charge in [-0.15, -0.1) is 0 Å². The van der Waals surface area contributed by atoms with Gasteiger partial charge in [-0.25, -0.2) is 0 Å². The Kier molecular flexibility index (Phi) is 28.6. The van der Waals surface area contributed by atoms with Gasteiger partial charge in [0.25, 0.3) is 0 Å². The highest BCUT2D eigenvalue weighted by Crippen LogP contribution is 2.29. The van der Waals surface area contributed by atoms with Gasteiger partial charge in [0.2, 0.25) is 0 Å². The standard InChI is InChI=1S/C40H68O8/c1-3-5-7-9-11-13-15-17-19-21-31-45-37(41)27-29-39(43)47-33-35-23-25-36(26-24-35)34-48-40(44)30-28-38(42)46-32-22-20-18-16-14-12-10-8-6-4-2/h19-22,35-36H,3-18,23-34H2,1-2H3. The summed E-state index contributed by atoms with van der Waals surface area (Å²) in [5.74, 6) is -0.990. The van der Waals surface area contributed by atoms with Crippen molar-refractivity contribution in [1.82, 2.24) is 0 Å². The van der Waals surface area contributed by atoms with Crippen molar-refractivity contribution in [1.29, 1.82) is 0 Å². The van der Waals surface area contributed by atoms with Crippen LogP contribution in [0.25, 0.3) is 0 Å². The zero-order valence-corrected chi connectivity index (χ0v) is 30.5. The molecule has 0 aliphatic heterocycles. The van der Waals surface area contributed by atoms with Crippen LogP contribution in [-0.2, 0) is 38.1 Å². The number of carbonyl (C=O) groups is 4. The van der Waals surface area contributed by atoms with Crippen molar-refractivity contribution in [3.63, 3.8) is 0 Å². The fraction of sp³-hybridized carbons (Fsp3) is 0.800. The smallest absolute Gasteiger partial charge is 0.306 e. The lowest BCUT2D eigenvalue weighted by molar-refractivity contribution is -0.151. The van der Waals surface area contributed by atoms with Crippen LogP contribution in [0.4, 0.5) is 0 Å². The molecule has 276 valence electrons. The van der Waals surface area contributed by atoms with Crippen LogP contribution in [0, 0.1) is 11.8 Å². The summed E-state index contributed by atoms with van der Waals surface area (Å²) in [5, 5.41) is 0. The van der Waals surface area contributed by atoms with E-state index in [-0.39, 0.29) is 74.6 Å². The third-order valence-corrected chi connectivity index (χ3v) is 8.96. The maximum absolute atomic E-state index is 12.1. The van der Waals surface area contributed by atoms with Gasteiger partial charge in [-0.2, -0.15) is 0 Å². The van der Waals surface area contributed by atoms with Crippen LogP contribution in [0.2, 0.25) is 0 Å². The normalized spacial score (nSPS) is 16.3. The number of hydrogen-bond donors (Lipinski definition) is 0. The number of carbonyl (C=O) groups excluding carboxylic acids is 4. The van der Waals surface area contributed by atoms with Crippen molar-refractivity contribution in [2.75, 3.05) is 26.4 Å². The third kappa shape index (κ3) is 27.3. The fourth-order valence-electron chi connectivity index (χ4n) is 5.78. The molecule has 1 rings (SSSR count). The molecule has 0 unspecified atom stereocenters. The third-order valence-electron chi connectivity index (χ3n) is 8.96. The molecule has 0 atom stereocenters. The summed E-state index contributed by atoms with van der Waals surface area (Å²) in [6.07, 6.45) is 31.4. The van der Waals surface area contributed by atoms with E-state index in [0.29, 0.717) is 13.2 Å². The SMILES string of the molecule is CCCCCCCCCC=CCOC(=O)CCC(=O)OCC1CCC(COC(=O)CCC(=O)OCC=CCCCCCCCCC)CC1. The maximum Gasteiger partial charge on any atom is 0.306 e. The van der Waals surface area contributed by atoms with E-state index in [1.807, 2.05) is 12.2 Å². The second-order valence-corrected chi connectivity index (χ2v) is 13.4. The molecule has 0 bridgehead atoms. The maximum atomic E-state index is 12.1. The molecule has 8 nitrogen and oxygen atoms in total. The molecule has 1 aliphatic carbocycles. The Balaban J connectivity index is 1.98. The van der Waals surface area contributed by atoms with Crippen LogP contribution >= 0.6 is 0 Å². The number of ether oxygens (including phenoxy) is 4. The monoisotopic (exact) mass is 676 g/mol. The Hall–Kier alpha value is -2.64. The highest BCUT2D eigenvalue weighted by Gasteiger charge is 2.24. The van der Waals surface area contributed by atoms with Gasteiger partial charge in [-0.1, -0.05) is 115 Å². The van der Waals surface area contributed by atoms with E-state index in [0.717, 1.165) is 51.4 Å². The summed E-state index contributed by atoms with van der Waals surface area (Å²) in [5.41, 5.74) is 0. The number of rotatable bonds is 30. The lowest BCUT2D eigenvalue weighted by Crippen LogP contribution is -2.24. The largest absolute Gasteiger partial charge is 0.465 e. The Morgan fingerprint density at radius 1 is 0.438 bits per heavy atom. The Morgan fingerprint density at radius 2 is 0.750 bits per heavy atom. The van der Waals surface area contributed by atoms with Crippen molar-refractivity contribution < 1.29 is 38.1 Å². The molecule has 0 N–H and O–H groups in total. The van der Waals surface area contributed by atoms with Gasteiger partial charge in [0.15, 0.2) is 0 Å². The van der Waals surface area contributed by atoms with Crippen LogP contribution in [-0.4, -0.2) is 50.3 Å². The van der Waals surface area contributed by atoms with Crippen LogP contribution in [0.5, 0.6) is 0 Å². The number of allylic oxidation sites excluding steroid dienone is 2. The van der Waals surface area contributed by atoms with Gasteiger partial charge >= 0.3 is 23.9 Å². The van der Waals surface area contributed by atoms with E-state index in [1.54, 1.807) is 0 Å². The molecular formula is C40H68O8. The van der Waals surface area contributed by atoms with Crippen LogP contribution in [0.3, 0.4) is 0 Å². The first-order chi connectivity index (χ1) is 23.4. The second-order valence-electron chi connectivity index (χ2n) is 13.4. The highest BCUT2D eigenvalue weighted by molar-refractivity contribution is 5.78. The minimum absolute atomic E-state index is 0.0232. The summed E-state index contributed by atoms with van der Waals surface area (Å²) in [7, 11) is 0. The molecule has 0 heterocycles. The molecule has 0 radical (unpaired) electrons. The summed E-state index contributed by atoms with van der Waals surface area (Å²) < 4.78 is 21.2. The average Bonchev–Trinajstić information content (AvgIpc) is 3.09. The molecule has 1 fully saturated rings. The quantitative estimate of drug-likeness (QED) is 0.0320. The minimum atomic E-state index is -0.388. The first kappa shape index (κ1) is 43.4. The van der Waals surface area contributed by atoms with Gasteiger partial charge in [0.05, 0.1) is 38.9 Å². The first-order valence-corrected chi connectivity index (χ1v) is 19.4. The van der Waals surface area contributed by atoms with E-state index in [4.69, 9.17) is 18.9 Å². The van der Waals surface area contributed by atoms with Crippen molar-refractivity contribution in [3.8, 4) is 0 Å². The van der Waals surface area contributed by atoms with Gasteiger partial charge in [0.1, 0.15) is 13.2 Å². The number of esters is 4. The predicted molar refractivity (Wildman–Crippen MR) is 191 cm³/mol. The molecule has 0 saturated heterocycles.